The molecule has 212 valence electrons. The largest absolute Gasteiger partial charge is 0.381 e. The molecule has 40 heavy (non-hydrogen) atoms. The van der Waals surface area contributed by atoms with Gasteiger partial charge in [-0.1, -0.05) is 11.6 Å². The van der Waals surface area contributed by atoms with E-state index in [1.54, 1.807) is 34.8 Å². The van der Waals surface area contributed by atoms with E-state index in [-0.39, 0.29) is 6.04 Å². The Morgan fingerprint density at radius 1 is 1.02 bits per heavy atom. The Balaban J connectivity index is 1.17. The number of nitrogens with zero attached hydrogens (tertiary/aromatic N) is 5. The van der Waals surface area contributed by atoms with E-state index in [1.165, 1.54) is 18.4 Å². The van der Waals surface area contributed by atoms with Gasteiger partial charge in [0.25, 0.3) is 0 Å². The summed E-state index contributed by atoms with van der Waals surface area (Å²) in [6.07, 6.45) is 6.45. The van der Waals surface area contributed by atoms with E-state index in [2.05, 4.69) is 20.1 Å². The molecule has 11 heteroatoms. The molecule has 3 aliphatic rings. The van der Waals surface area contributed by atoms with E-state index >= 15 is 0 Å². The second kappa shape index (κ2) is 12.0. The van der Waals surface area contributed by atoms with Gasteiger partial charge in [-0.3, -0.25) is 0 Å². The fraction of sp³-hybridized carbons (Fsp3) is 0.448. The average molecular weight is 583 g/mol. The van der Waals surface area contributed by atoms with Crippen molar-refractivity contribution in [2.75, 3.05) is 56.2 Å². The van der Waals surface area contributed by atoms with Gasteiger partial charge in [0.2, 0.25) is 16.0 Å². The lowest BCUT2D eigenvalue weighted by atomic mass is 10.1. The van der Waals surface area contributed by atoms with Crippen LogP contribution in [-0.4, -0.2) is 79.6 Å². The van der Waals surface area contributed by atoms with E-state index in [9.17, 15) is 8.42 Å². The first kappa shape index (κ1) is 27.4. The maximum Gasteiger partial charge on any atom is 0.243 e. The normalized spacial score (nSPS) is 18.4. The van der Waals surface area contributed by atoms with Crippen LogP contribution in [0, 0.1) is 0 Å². The molecule has 0 bridgehead atoms. The van der Waals surface area contributed by atoms with Gasteiger partial charge in [-0.15, -0.1) is 0 Å². The summed E-state index contributed by atoms with van der Waals surface area (Å²) >= 11 is 6.17. The summed E-state index contributed by atoms with van der Waals surface area (Å²) in [5.41, 5.74) is 3.02. The van der Waals surface area contributed by atoms with Crippen molar-refractivity contribution in [1.82, 2.24) is 19.2 Å². The number of benzene rings is 2. The zero-order chi connectivity index (χ0) is 27.5. The van der Waals surface area contributed by atoms with Crippen LogP contribution >= 0.6 is 11.6 Å². The van der Waals surface area contributed by atoms with Gasteiger partial charge in [0.1, 0.15) is 5.82 Å². The summed E-state index contributed by atoms with van der Waals surface area (Å²) in [4.78, 5) is 13.9. The van der Waals surface area contributed by atoms with Crippen molar-refractivity contribution >= 4 is 44.8 Å². The van der Waals surface area contributed by atoms with Crippen LogP contribution < -0.4 is 10.2 Å². The summed E-state index contributed by atoms with van der Waals surface area (Å²) in [5.74, 6) is 1.24. The third kappa shape index (κ3) is 5.96. The molecule has 2 fully saturated rings. The van der Waals surface area contributed by atoms with Gasteiger partial charge >= 0.3 is 0 Å². The molecule has 9 nitrogen and oxygen atoms in total. The van der Waals surface area contributed by atoms with Crippen LogP contribution in [0.25, 0.3) is 0 Å². The number of rotatable bonds is 9. The van der Waals surface area contributed by atoms with Crippen LogP contribution in [0.4, 0.5) is 23.1 Å². The molecule has 6 rings (SSSR count). The lowest BCUT2D eigenvalue weighted by molar-refractivity contribution is 0.0568. The summed E-state index contributed by atoms with van der Waals surface area (Å²) < 4.78 is 34.9. The highest BCUT2D eigenvalue weighted by Crippen LogP contribution is 2.35. The Bertz CT molecular complexity index is 1430. The lowest BCUT2D eigenvalue weighted by Gasteiger charge is -2.34. The van der Waals surface area contributed by atoms with Crippen LogP contribution in [0.15, 0.2) is 59.6 Å². The number of nitrogens with one attached hydrogen (secondary N) is 1. The number of likely N-dealkylation sites (tertiary alicyclic amines) is 1. The van der Waals surface area contributed by atoms with Crippen LogP contribution in [-0.2, 0) is 21.2 Å². The topological polar surface area (TPSA) is 90.9 Å². The Morgan fingerprint density at radius 3 is 2.58 bits per heavy atom. The maximum absolute atomic E-state index is 13.8. The van der Waals surface area contributed by atoms with E-state index in [0.29, 0.717) is 30.6 Å². The number of sulfonamides is 1. The zero-order valence-electron chi connectivity index (χ0n) is 22.5. The van der Waals surface area contributed by atoms with Gasteiger partial charge in [-0.25, -0.2) is 13.4 Å². The van der Waals surface area contributed by atoms with E-state index in [0.717, 1.165) is 67.7 Å². The summed E-state index contributed by atoms with van der Waals surface area (Å²) in [5, 5.41) is 3.97. The number of fused-ring (bicyclic) bond motifs is 1. The van der Waals surface area contributed by atoms with Crippen molar-refractivity contribution in [1.29, 1.82) is 0 Å². The van der Waals surface area contributed by atoms with Gasteiger partial charge in [0, 0.05) is 61.5 Å². The maximum atomic E-state index is 13.8. The molecule has 3 aromatic rings. The highest BCUT2D eigenvalue weighted by molar-refractivity contribution is 7.89. The molecule has 0 atom stereocenters. The minimum atomic E-state index is -3.66. The van der Waals surface area contributed by atoms with Gasteiger partial charge in [0.15, 0.2) is 0 Å². The standard InChI is InChI=1S/C29H35ClN6O3S/c30-23-3-8-27-22(21-23)10-16-35(27)28-9-13-31-29(33-28)32-24-4-6-26(7-5-24)40(37,38)36(25-11-19-39-20-12-25)18-17-34-14-1-2-15-34/h3-9,13,21,25H,1-2,10-12,14-20H2,(H,31,32,33). The van der Waals surface area contributed by atoms with Crippen molar-refractivity contribution in [3.8, 4) is 0 Å². The van der Waals surface area contributed by atoms with Gasteiger partial charge in [0.05, 0.1) is 4.90 Å². The Kier molecular flexibility index (Phi) is 8.22. The summed E-state index contributed by atoms with van der Waals surface area (Å²) in [6, 6.07) is 14.7. The van der Waals surface area contributed by atoms with Crippen molar-refractivity contribution < 1.29 is 13.2 Å². The first-order valence-corrected chi connectivity index (χ1v) is 15.9. The van der Waals surface area contributed by atoms with Crippen LogP contribution in [0.3, 0.4) is 0 Å². The highest BCUT2D eigenvalue weighted by Gasteiger charge is 2.33. The molecule has 1 aromatic heterocycles. The highest BCUT2D eigenvalue weighted by atomic mass is 35.5. The molecular weight excluding hydrogens is 548 g/mol. The molecule has 0 aliphatic carbocycles. The van der Waals surface area contributed by atoms with Crippen LogP contribution in [0.5, 0.6) is 0 Å². The van der Waals surface area contributed by atoms with E-state index in [4.69, 9.17) is 21.3 Å². The van der Waals surface area contributed by atoms with Gasteiger partial charge in [-0.05, 0) is 99.3 Å². The molecule has 0 spiro atoms. The molecule has 4 heterocycles. The molecular formula is C29H35ClN6O3S. The second-order valence-electron chi connectivity index (χ2n) is 10.6. The Hall–Kier alpha value is -2.76. The number of anilines is 4. The lowest BCUT2D eigenvalue weighted by Crippen LogP contribution is -2.46. The first-order chi connectivity index (χ1) is 19.5. The van der Waals surface area contributed by atoms with Crippen LogP contribution in [0.2, 0.25) is 5.02 Å². The number of hydrogen-bond acceptors (Lipinski definition) is 8. The molecule has 1 N–H and O–H groups in total. The SMILES string of the molecule is O=S(=O)(c1ccc(Nc2nccc(N3CCc4cc(Cl)ccc43)n2)cc1)N(CCN1CCCC1)C1CCOCC1. The monoisotopic (exact) mass is 582 g/mol. The summed E-state index contributed by atoms with van der Waals surface area (Å²) in [7, 11) is -3.66. The molecule has 0 amide bonds. The number of halogens is 1. The molecule has 2 aromatic carbocycles. The molecule has 0 radical (unpaired) electrons. The Morgan fingerprint density at radius 2 is 1.80 bits per heavy atom. The third-order valence-electron chi connectivity index (χ3n) is 8.00. The average Bonchev–Trinajstić information content (AvgIpc) is 3.64. The number of ether oxygens (including phenoxy) is 1. The predicted molar refractivity (Wildman–Crippen MR) is 157 cm³/mol. The molecule has 0 saturated carbocycles. The fourth-order valence-electron chi connectivity index (χ4n) is 5.86. The first-order valence-electron chi connectivity index (χ1n) is 14.1. The van der Waals surface area contributed by atoms with Crippen LogP contribution in [0.1, 0.15) is 31.2 Å². The van der Waals surface area contributed by atoms with E-state index < -0.39 is 10.0 Å². The van der Waals surface area contributed by atoms with E-state index in [1.807, 2.05) is 24.3 Å². The minimum Gasteiger partial charge on any atom is -0.381 e. The van der Waals surface area contributed by atoms with Gasteiger partial charge in [-0.2, -0.15) is 9.29 Å². The van der Waals surface area contributed by atoms with Crippen molar-refractivity contribution in [2.24, 2.45) is 0 Å². The third-order valence-corrected chi connectivity index (χ3v) is 10.2. The molecule has 2 saturated heterocycles. The summed E-state index contributed by atoms with van der Waals surface area (Å²) in [6.45, 7) is 5.37. The zero-order valence-corrected chi connectivity index (χ0v) is 24.1. The van der Waals surface area contributed by atoms with Crippen molar-refractivity contribution in [2.45, 2.75) is 43.0 Å². The van der Waals surface area contributed by atoms with Crippen molar-refractivity contribution in [3.63, 3.8) is 0 Å². The number of aromatic nitrogens is 2. The molecule has 3 aliphatic heterocycles. The quantitative estimate of drug-likeness (QED) is 0.383. The minimum absolute atomic E-state index is 0.0398. The number of hydrogen-bond donors (Lipinski definition) is 1. The van der Waals surface area contributed by atoms with Crippen molar-refractivity contribution in [3.05, 3.63) is 65.3 Å². The smallest absolute Gasteiger partial charge is 0.243 e. The predicted octanol–water partition coefficient (Wildman–Crippen LogP) is 4.83. The second-order valence-corrected chi connectivity index (χ2v) is 12.9. The Labute approximate surface area is 241 Å². The van der Waals surface area contributed by atoms with Gasteiger partial charge < -0.3 is 19.9 Å². The fourth-order valence-corrected chi connectivity index (χ4v) is 7.73. The molecule has 0 unspecified atom stereocenters.